The quantitative estimate of drug-likeness (QED) is 0.770. The van der Waals surface area contributed by atoms with E-state index in [2.05, 4.69) is 11.3 Å². The molecule has 0 bridgehead atoms. The van der Waals surface area contributed by atoms with Gasteiger partial charge in [-0.2, -0.15) is 9.78 Å². The molecule has 129 valence electrons. The number of nitrogens with two attached hydrogens (primary N) is 1. The van der Waals surface area contributed by atoms with E-state index in [-0.39, 0.29) is 11.6 Å². The summed E-state index contributed by atoms with van der Waals surface area (Å²) >= 11 is 0. The molecule has 2 N–H and O–H groups in total. The maximum absolute atomic E-state index is 13.4. The number of aromatic nitrogens is 2. The van der Waals surface area contributed by atoms with Gasteiger partial charge < -0.3 is 5.73 Å². The number of halogens is 2. The van der Waals surface area contributed by atoms with Gasteiger partial charge in [0.25, 0.3) is 0 Å². The monoisotopic (exact) mass is 350 g/mol. The van der Waals surface area contributed by atoms with E-state index in [1.807, 2.05) is 6.08 Å². The Kier molecular flexibility index (Phi) is 3.68. The molecule has 0 atom stereocenters. The highest BCUT2D eigenvalue weighted by atomic mass is 19.1. The van der Waals surface area contributed by atoms with E-state index in [1.54, 1.807) is 30.3 Å². The van der Waals surface area contributed by atoms with Crippen LogP contribution in [0.5, 0.6) is 0 Å². The first-order valence-electron chi connectivity index (χ1n) is 8.00. The van der Waals surface area contributed by atoms with E-state index in [0.29, 0.717) is 17.7 Å². The number of amides is 1. The minimum atomic E-state index is -0.713. The van der Waals surface area contributed by atoms with Gasteiger partial charge in [0, 0.05) is 17.4 Å². The Hall–Kier alpha value is -3.28. The first-order valence-corrected chi connectivity index (χ1v) is 8.00. The third kappa shape index (κ3) is 2.50. The summed E-state index contributed by atoms with van der Waals surface area (Å²) in [5.74, 6) is -0.696. The third-order valence-corrected chi connectivity index (χ3v) is 4.75. The largest absolute Gasteiger partial charge is 0.350 e. The van der Waals surface area contributed by atoms with Gasteiger partial charge in [0.05, 0.1) is 5.69 Å². The number of rotatable bonds is 2. The van der Waals surface area contributed by atoms with Crippen LogP contribution in [-0.4, -0.2) is 15.8 Å². The Morgan fingerprint density at radius 3 is 2.08 bits per heavy atom. The normalized spacial score (nSPS) is 14.8. The zero-order valence-electron chi connectivity index (χ0n) is 13.6. The van der Waals surface area contributed by atoms with Crippen LogP contribution in [0, 0.1) is 17.8 Å². The highest BCUT2D eigenvalue weighted by Crippen LogP contribution is 2.41. The number of fused-ring (bicyclic) bond motifs is 1. The zero-order valence-corrected chi connectivity index (χ0v) is 13.6. The van der Waals surface area contributed by atoms with E-state index < -0.39 is 11.4 Å². The number of carbonyl (C=O) groups excluding carboxylic acids is 1. The Bertz CT molecular complexity index is 959. The molecule has 4 rings (SSSR count). The summed E-state index contributed by atoms with van der Waals surface area (Å²) in [6.07, 6.45) is 6.88. The molecule has 1 aromatic heterocycles. The van der Waals surface area contributed by atoms with E-state index in [1.165, 1.54) is 24.3 Å². The SMILES string of the molecule is NC(=O)n1n[c]c2c1CC(c1ccc(F)cc1)(c1ccc(F)cc1)C=C2. The van der Waals surface area contributed by atoms with Gasteiger partial charge in [-0.3, -0.25) is 0 Å². The molecule has 2 aromatic carbocycles. The summed E-state index contributed by atoms with van der Waals surface area (Å²) in [5.41, 5.74) is 7.59. The first-order chi connectivity index (χ1) is 12.5. The zero-order chi connectivity index (χ0) is 18.3. The van der Waals surface area contributed by atoms with Gasteiger partial charge in [0.2, 0.25) is 0 Å². The van der Waals surface area contributed by atoms with Crippen molar-refractivity contribution in [1.82, 2.24) is 9.78 Å². The van der Waals surface area contributed by atoms with Crippen LogP contribution >= 0.6 is 0 Å². The predicted octanol–water partition coefficient (Wildman–Crippen LogP) is 3.44. The lowest BCUT2D eigenvalue weighted by Crippen LogP contribution is -2.33. The summed E-state index contributed by atoms with van der Waals surface area (Å²) in [5, 5.41) is 3.92. The molecule has 1 aliphatic carbocycles. The Morgan fingerprint density at radius 1 is 1.04 bits per heavy atom. The van der Waals surface area contributed by atoms with Crippen molar-refractivity contribution >= 4 is 12.1 Å². The third-order valence-electron chi connectivity index (χ3n) is 4.75. The first kappa shape index (κ1) is 16.2. The molecule has 0 aliphatic heterocycles. The molecule has 3 aromatic rings. The average molecular weight is 350 g/mol. The van der Waals surface area contributed by atoms with Crippen molar-refractivity contribution < 1.29 is 13.6 Å². The van der Waals surface area contributed by atoms with Crippen LogP contribution < -0.4 is 5.73 Å². The lowest BCUT2D eigenvalue weighted by atomic mass is 9.68. The topological polar surface area (TPSA) is 60.9 Å². The maximum atomic E-state index is 13.4. The summed E-state index contributed by atoms with van der Waals surface area (Å²) in [6, 6.07) is 11.5. The number of hydrogen-bond donors (Lipinski definition) is 1. The van der Waals surface area contributed by atoms with E-state index in [4.69, 9.17) is 5.73 Å². The summed E-state index contributed by atoms with van der Waals surface area (Å²) in [4.78, 5) is 11.7. The van der Waals surface area contributed by atoms with Crippen molar-refractivity contribution in [2.75, 3.05) is 0 Å². The van der Waals surface area contributed by atoms with Crippen LogP contribution in [0.25, 0.3) is 6.08 Å². The summed E-state index contributed by atoms with van der Waals surface area (Å²) < 4.78 is 28.0. The molecular formula is C20H14F2N3O. The van der Waals surface area contributed by atoms with Crippen LogP contribution in [0.3, 0.4) is 0 Å². The fourth-order valence-corrected chi connectivity index (χ4v) is 3.44. The van der Waals surface area contributed by atoms with Gasteiger partial charge in [0.15, 0.2) is 0 Å². The number of hydrogen-bond acceptors (Lipinski definition) is 2. The van der Waals surface area contributed by atoms with Crippen molar-refractivity contribution in [3.63, 3.8) is 0 Å². The van der Waals surface area contributed by atoms with Crippen molar-refractivity contribution in [2.45, 2.75) is 11.8 Å². The second-order valence-corrected chi connectivity index (χ2v) is 6.22. The van der Waals surface area contributed by atoms with Gasteiger partial charge >= 0.3 is 6.03 Å². The van der Waals surface area contributed by atoms with Gasteiger partial charge in [-0.1, -0.05) is 36.4 Å². The highest BCUT2D eigenvalue weighted by molar-refractivity contribution is 5.76. The van der Waals surface area contributed by atoms with Crippen molar-refractivity contribution in [3.8, 4) is 0 Å². The molecular weight excluding hydrogens is 336 g/mol. The molecule has 4 nitrogen and oxygen atoms in total. The van der Waals surface area contributed by atoms with Crippen LogP contribution in [0.15, 0.2) is 54.6 Å². The summed E-state index contributed by atoms with van der Waals surface area (Å²) in [7, 11) is 0. The van der Waals surface area contributed by atoms with Gasteiger partial charge in [-0.15, -0.1) is 0 Å². The number of nitrogens with zero attached hydrogens (tertiary/aromatic N) is 2. The number of benzene rings is 2. The van der Waals surface area contributed by atoms with Crippen molar-refractivity contribution in [2.24, 2.45) is 5.73 Å². The van der Waals surface area contributed by atoms with Crippen molar-refractivity contribution in [1.29, 1.82) is 0 Å². The van der Waals surface area contributed by atoms with Crippen molar-refractivity contribution in [3.05, 3.63) is 94.8 Å². The fraction of sp³-hybridized carbons (Fsp3) is 0.100. The molecule has 0 saturated carbocycles. The fourth-order valence-electron chi connectivity index (χ4n) is 3.44. The lowest BCUT2D eigenvalue weighted by molar-refractivity contribution is 0.246. The van der Waals surface area contributed by atoms with Gasteiger partial charge in [-0.25, -0.2) is 13.6 Å². The molecule has 1 aliphatic rings. The molecule has 1 heterocycles. The molecule has 0 saturated heterocycles. The smallest absolute Gasteiger partial charge is 0.339 e. The number of allylic oxidation sites excluding steroid dienone is 1. The average Bonchev–Trinajstić information content (AvgIpc) is 3.06. The molecule has 0 fully saturated rings. The Labute approximate surface area is 148 Å². The predicted molar refractivity (Wildman–Crippen MR) is 92.4 cm³/mol. The number of carbonyl (C=O) groups is 1. The van der Waals surface area contributed by atoms with E-state index in [9.17, 15) is 13.6 Å². The Morgan fingerprint density at radius 2 is 1.58 bits per heavy atom. The highest BCUT2D eigenvalue weighted by Gasteiger charge is 2.37. The lowest BCUT2D eigenvalue weighted by Gasteiger charge is -2.34. The standard InChI is InChI=1S/C20H14F2N3O/c21-16-5-1-14(2-6-16)20(15-3-7-17(22)8-4-15)10-9-13-12-24-25(19(23)26)18(13)11-20/h1-10H,11H2,(H2,23,26). The van der Waals surface area contributed by atoms with Crippen LogP contribution in [-0.2, 0) is 11.8 Å². The molecule has 0 unspecified atom stereocenters. The minimum absolute atomic E-state index is 0.348. The van der Waals surface area contributed by atoms with Crippen LogP contribution in [0.1, 0.15) is 22.4 Å². The Balaban J connectivity index is 1.92. The molecule has 1 radical (unpaired) electrons. The minimum Gasteiger partial charge on any atom is -0.350 e. The summed E-state index contributed by atoms with van der Waals surface area (Å²) in [6.45, 7) is 0. The maximum Gasteiger partial charge on any atom is 0.339 e. The molecule has 0 spiro atoms. The van der Waals surface area contributed by atoms with Gasteiger partial charge in [0.1, 0.15) is 17.8 Å². The van der Waals surface area contributed by atoms with Gasteiger partial charge in [-0.05, 0) is 35.4 Å². The second-order valence-electron chi connectivity index (χ2n) is 6.22. The number of primary amides is 1. The molecule has 26 heavy (non-hydrogen) atoms. The van der Waals surface area contributed by atoms with Crippen LogP contribution in [0.4, 0.5) is 13.6 Å². The molecule has 1 amide bonds. The van der Waals surface area contributed by atoms with E-state index >= 15 is 0 Å². The molecule has 6 heteroatoms. The second kappa shape index (κ2) is 5.91. The van der Waals surface area contributed by atoms with Crippen LogP contribution in [0.2, 0.25) is 0 Å². The van der Waals surface area contributed by atoms with E-state index in [0.717, 1.165) is 15.8 Å².